The second-order valence-corrected chi connectivity index (χ2v) is 5.49. The Morgan fingerprint density at radius 3 is 2.29 bits per heavy atom. The van der Waals surface area contributed by atoms with E-state index in [1.54, 1.807) is 20.8 Å². The molecule has 0 aromatic rings. The number of ether oxygens (including phenoxy) is 2. The number of thiol groups is 2. The second-order valence-electron chi connectivity index (χ2n) is 4.01. The molecule has 0 aliphatic carbocycles. The lowest BCUT2D eigenvalue weighted by atomic mass is 10.2. The van der Waals surface area contributed by atoms with E-state index in [9.17, 15) is 9.59 Å². The van der Waals surface area contributed by atoms with Crippen LogP contribution in [0.25, 0.3) is 0 Å². The van der Waals surface area contributed by atoms with E-state index in [0.29, 0.717) is 0 Å². The maximum absolute atomic E-state index is 11.6. The topological polar surface area (TPSA) is 64.6 Å². The number of esters is 1. The molecule has 17 heavy (non-hydrogen) atoms. The molecule has 0 heterocycles. The van der Waals surface area contributed by atoms with Gasteiger partial charge in [-0.05, 0) is 20.8 Å². The highest BCUT2D eigenvalue weighted by atomic mass is 32.1. The van der Waals surface area contributed by atoms with Crippen LogP contribution in [0, 0.1) is 0 Å². The Balaban J connectivity index is 4.43. The Bertz CT molecular complexity index is 278. The van der Waals surface area contributed by atoms with Gasteiger partial charge in [-0.1, -0.05) is 0 Å². The zero-order chi connectivity index (χ0) is 13.6. The van der Waals surface area contributed by atoms with Crippen molar-refractivity contribution in [1.29, 1.82) is 0 Å². The average molecular weight is 281 g/mol. The van der Waals surface area contributed by atoms with E-state index in [2.05, 4.69) is 30.6 Å². The van der Waals surface area contributed by atoms with Crippen molar-refractivity contribution in [2.24, 2.45) is 0 Å². The first-order valence-electron chi connectivity index (χ1n) is 5.09. The number of rotatable bonds is 6. The summed E-state index contributed by atoms with van der Waals surface area (Å²) in [5, 5.41) is 2.51. The first-order chi connectivity index (χ1) is 7.72. The van der Waals surface area contributed by atoms with Crippen LogP contribution in [0.15, 0.2) is 0 Å². The molecule has 0 spiro atoms. The Morgan fingerprint density at radius 2 is 1.94 bits per heavy atom. The van der Waals surface area contributed by atoms with Gasteiger partial charge in [-0.3, -0.25) is 4.79 Å². The largest absolute Gasteiger partial charge is 0.435 e. The Morgan fingerprint density at radius 1 is 1.41 bits per heavy atom. The fraction of sp³-hybridized carbons (Fsp3) is 0.800. The van der Waals surface area contributed by atoms with Crippen molar-refractivity contribution >= 4 is 37.1 Å². The number of hydrogen-bond donors (Lipinski definition) is 3. The van der Waals surface area contributed by atoms with Gasteiger partial charge in [0.15, 0.2) is 6.29 Å². The van der Waals surface area contributed by atoms with Crippen LogP contribution in [0.4, 0.5) is 0 Å². The molecule has 0 saturated heterocycles. The van der Waals surface area contributed by atoms with Gasteiger partial charge in [0, 0.05) is 12.9 Å². The lowest BCUT2D eigenvalue weighted by Gasteiger charge is -2.22. The summed E-state index contributed by atoms with van der Waals surface area (Å²) < 4.78 is 8.84. The molecule has 0 aromatic carbocycles. The van der Waals surface area contributed by atoms with E-state index in [0.717, 1.165) is 0 Å². The molecule has 7 heteroatoms. The molecule has 1 N–H and O–H groups in total. The van der Waals surface area contributed by atoms with Gasteiger partial charge in [-0.2, -0.15) is 25.3 Å². The number of carbonyl (C=O) groups is 2. The van der Waals surface area contributed by atoms with Crippen molar-refractivity contribution in [3.05, 3.63) is 0 Å². The predicted molar refractivity (Wildman–Crippen MR) is 71.4 cm³/mol. The average Bonchev–Trinajstić information content (AvgIpc) is 2.23. The van der Waals surface area contributed by atoms with Gasteiger partial charge < -0.3 is 14.8 Å². The highest BCUT2D eigenvalue weighted by Crippen LogP contribution is 2.12. The maximum atomic E-state index is 11.6. The zero-order valence-corrected chi connectivity index (χ0v) is 12.2. The van der Waals surface area contributed by atoms with E-state index in [1.165, 1.54) is 7.11 Å². The van der Waals surface area contributed by atoms with Crippen molar-refractivity contribution in [3.8, 4) is 0 Å². The SMILES string of the molecule is COC(C)OC(=O)C(CS)NC(=O)C(C)(C)S. The molecule has 0 saturated carbocycles. The fourth-order valence-electron chi connectivity index (χ4n) is 0.808. The molecule has 0 aromatic heterocycles. The zero-order valence-electron chi connectivity index (χ0n) is 10.4. The molecule has 0 aliphatic heterocycles. The van der Waals surface area contributed by atoms with E-state index in [-0.39, 0.29) is 11.7 Å². The van der Waals surface area contributed by atoms with Crippen LogP contribution in [0.3, 0.4) is 0 Å². The third-order valence-corrected chi connectivity index (χ3v) is 2.51. The molecular weight excluding hydrogens is 262 g/mol. The Labute approximate surface area is 112 Å². The minimum atomic E-state index is -0.867. The summed E-state index contributed by atoms with van der Waals surface area (Å²) in [6.45, 7) is 4.84. The molecule has 0 aliphatic rings. The van der Waals surface area contributed by atoms with Crippen molar-refractivity contribution in [3.63, 3.8) is 0 Å². The lowest BCUT2D eigenvalue weighted by molar-refractivity contribution is -0.172. The highest BCUT2D eigenvalue weighted by Gasteiger charge is 2.29. The van der Waals surface area contributed by atoms with Crippen LogP contribution in [-0.4, -0.2) is 41.8 Å². The minimum absolute atomic E-state index is 0.144. The van der Waals surface area contributed by atoms with Gasteiger partial charge in [-0.25, -0.2) is 4.79 Å². The van der Waals surface area contributed by atoms with Crippen molar-refractivity contribution < 1.29 is 19.1 Å². The number of methoxy groups -OCH3 is 1. The van der Waals surface area contributed by atoms with Crippen molar-refractivity contribution in [2.45, 2.75) is 37.9 Å². The van der Waals surface area contributed by atoms with Crippen LogP contribution in [-0.2, 0) is 19.1 Å². The van der Waals surface area contributed by atoms with Gasteiger partial charge in [0.25, 0.3) is 0 Å². The van der Waals surface area contributed by atoms with Gasteiger partial charge in [0.05, 0.1) is 4.75 Å². The van der Waals surface area contributed by atoms with Crippen LogP contribution < -0.4 is 5.32 Å². The van der Waals surface area contributed by atoms with E-state index in [4.69, 9.17) is 9.47 Å². The van der Waals surface area contributed by atoms with Crippen LogP contribution >= 0.6 is 25.3 Å². The fourth-order valence-corrected chi connectivity index (χ4v) is 1.11. The van der Waals surface area contributed by atoms with Gasteiger partial charge in [0.2, 0.25) is 5.91 Å². The number of nitrogens with one attached hydrogen (secondary N) is 1. The van der Waals surface area contributed by atoms with E-state index >= 15 is 0 Å². The minimum Gasteiger partial charge on any atom is -0.435 e. The number of hydrogen-bond acceptors (Lipinski definition) is 6. The van der Waals surface area contributed by atoms with Crippen LogP contribution in [0.1, 0.15) is 20.8 Å². The van der Waals surface area contributed by atoms with Gasteiger partial charge in [-0.15, -0.1) is 0 Å². The number of carbonyl (C=O) groups excluding carboxylic acids is 2. The maximum Gasteiger partial charge on any atom is 0.331 e. The summed E-state index contributed by atoms with van der Waals surface area (Å²) in [5.74, 6) is -0.799. The van der Waals surface area contributed by atoms with Gasteiger partial charge >= 0.3 is 5.97 Å². The molecule has 2 atom stereocenters. The Hall–Kier alpha value is -0.400. The molecule has 0 bridgehead atoms. The van der Waals surface area contributed by atoms with E-state index in [1.807, 2.05) is 0 Å². The molecule has 0 radical (unpaired) electrons. The monoisotopic (exact) mass is 281 g/mol. The van der Waals surface area contributed by atoms with Crippen molar-refractivity contribution in [2.75, 3.05) is 12.9 Å². The summed E-state index contributed by atoms with van der Waals surface area (Å²) in [5.41, 5.74) is 0. The lowest BCUT2D eigenvalue weighted by Crippen LogP contribution is -2.49. The molecule has 2 unspecified atom stereocenters. The number of amides is 1. The van der Waals surface area contributed by atoms with Crippen LogP contribution in [0.2, 0.25) is 0 Å². The summed E-state index contributed by atoms with van der Waals surface area (Å²) in [6.07, 6.45) is -0.661. The molecule has 0 rings (SSSR count). The molecular formula is C10H19NO4S2. The normalized spacial score (nSPS) is 14.9. The quantitative estimate of drug-likeness (QED) is 0.380. The Kier molecular flexibility index (Phi) is 6.96. The molecule has 1 amide bonds. The van der Waals surface area contributed by atoms with E-state index < -0.39 is 23.0 Å². The van der Waals surface area contributed by atoms with Crippen LogP contribution in [0.5, 0.6) is 0 Å². The summed E-state index contributed by atoms with van der Waals surface area (Å²) in [7, 11) is 1.42. The third-order valence-electron chi connectivity index (χ3n) is 1.94. The van der Waals surface area contributed by atoms with Crippen molar-refractivity contribution in [1.82, 2.24) is 5.32 Å². The third kappa shape index (κ3) is 6.18. The summed E-state index contributed by atoms with van der Waals surface area (Å²) in [6, 6.07) is -0.810. The first-order valence-corrected chi connectivity index (χ1v) is 6.17. The second kappa shape index (κ2) is 7.13. The molecule has 0 fully saturated rings. The first kappa shape index (κ1) is 16.6. The predicted octanol–water partition coefficient (Wildman–Crippen LogP) is 0.645. The smallest absolute Gasteiger partial charge is 0.331 e. The summed E-state index contributed by atoms with van der Waals surface area (Å²) in [4.78, 5) is 23.2. The molecule has 100 valence electrons. The summed E-state index contributed by atoms with van der Waals surface area (Å²) >= 11 is 8.10. The molecule has 5 nitrogen and oxygen atoms in total. The van der Waals surface area contributed by atoms with Gasteiger partial charge in [0.1, 0.15) is 6.04 Å². The highest BCUT2D eigenvalue weighted by molar-refractivity contribution is 7.82. The standard InChI is InChI=1S/C10H19NO4S2/c1-6(14-4)15-8(12)7(5-16)11-9(13)10(2,3)17/h6-7,16-17H,5H2,1-4H3,(H,11,13).